The van der Waals surface area contributed by atoms with Crippen LogP contribution in [0.3, 0.4) is 0 Å². The summed E-state index contributed by atoms with van der Waals surface area (Å²) in [6.07, 6.45) is 7.04. The van der Waals surface area contributed by atoms with E-state index < -0.39 is 5.95 Å². The van der Waals surface area contributed by atoms with Gasteiger partial charge in [-0.1, -0.05) is 22.0 Å². The fourth-order valence-electron chi connectivity index (χ4n) is 6.36. The molecule has 0 amide bonds. The van der Waals surface area contributed by atoms with Crippen molar-refractivity contribution in [3.05, 3.63) is 51.5 Å². The zero-order valence-corrected chi connectivity index (χ0v) is 24.1. The summed E-state index contributed by atoms with van der Waals surface area (Å²) in [5.74, 6) is 0.810. The maximum Gasteiger partial charge on any atom is 0.240 e. The minimum Gasteiger partial charge on any atom is -0.356 e. The van der Waals surface area contributed by atoms with Gasteiger partial charge in [0, 0.05) is 49.9 Å². The lowest BCUT2D eigenvalue weighted by Crippen LogP contribution is -2.39. The molecule has 10 heteroatoms. The third-order valence-corrected chi connectivity index (χ3v) is 9.14. The summed E-state index contributed by atoms with van der Waals surface area (Å²) in [6, 6.07) is 8.14. The van der Waals surface area contributed by atoms with Gasteiger partial charge in [0.1, 0.15) is 0 Å². The SMILES string of the molecule is COC(OC)C1CCN(c2ccc(C3=C(Br)CCCc4c3ccc3c4c(F)nn3C3CCCCO3)nn2)CC1. The predicted molar refractivity (Wildman–Crippen MR) is 151 cm³/mol. The van der Waals surface area contributed by atoms with Gasteiger partial charge in [0.2, 0.25) is 5.95 Å². The second-order valence-electron chi connectivity index (χ2n) is 10.6. The van der Waals surface area contributed by atoms with Crippen LogP contribution >= 0.6 is 15.9 Å². The van der Waals surface area contributed by atoms with Gasteiger partial charge in [0.25, 0.3) is 0 Å². The van der Waals surface area contributed by atoms with E-state index >= 15 is 4.39 Å². The number of ether oxygens (including phenoxy) is 3. The fraction of sp³-hybridized carbons (Fsp3) is 0.552. The van der Waals surface area contributed by atoms with E-state index in [2.05, 4.69) is 42.2 Å². The molecule has 39 heavy (non-hydrogen) atoms. The number of benzene rings is 1. The molecule has 8 nitrogen and oxygen atoms in total. The first kappa shape index (κ1) is 26.8. The van der Waals surface area contributed by atoms with Crippen LogP contribution in [-0.4, -0.2) is 60.2 Å². The summed E-state index contributed by atoms with van der Waals surface area (Å²) >= 11 is 3.83. The molecule has 3 aliphatic rings. The monoisotopic (exact) mass is 599 g/mol. The topological polar surface area (TPSA) is 74.5 Å². The van der Waals surface area contributed by atoms with Gasteiger partial charge in [-0.15, -0.1) is 15.3 Å². The molecule has 1 unspecified atom stereocenters. The number of nitrogens with zero attached hydrogens (tertiary/aromatic N) is 5. The molecule has 2 fully saturated rings. The number of hydrogen-bond acceptors (Lipinski definition) is 7. The van der Waals surface area contributed by atoms with E-state index in [9.17, 15) is 0 Å². The number of methoxy groups -OCH3 is 2. The maximum atomic E-state index is 15.4. The largest absolute Gasteiger partial charge is 0.356 e. The van der Waals surface area contributed by atoms with Crippen LogP contribution in [0.1, 0.15) is 68.0 Å². The van der Waals surface area contributed by atoms with Crippen molar-refractivity contribution in [1.82, 2.24) is 20.0 Å². The third kappa shape index (κ3) is 5.12. The van der Waals surface area contributed by atoms with Crippen molar-refractivity contribution in [2.24, 2.45) is 5.92 Å². The lowest BCUT2D eigenvalue weighted by atomic mass is 9.94. The molecule has 1 aliphatic carbocycles. The average molecular weight is 601 g/mol. The van der Waals surface area contributed by atoms with Crippen molar-refractivity contribution >= 4 is 38.2 Å². The third-order valence-electron chi connectivity index (χ3n) is 8.35. The molecule has 2 aromatic heterocycles. The molecule has 2 aliphatic heterocycles. The highest BCUT2D eigenvalue weighted by Gasteiger charge is 2.29. The van der Waals surface area contributed by atoms with E-state index in [-0.39, 0.29) is 12.5 Å². The molecular formula is C29H35BrFN5O3. The van der Waals surface area contributed by atoms with Gasteiger partial charge in [-0.2, -0.15) is 4.39 Å². The van der Waals surface area contributed by atoms with Gasteiger partial charge in [-0.3, -0.25) is 0 Å². The molecular weight excluding hydrogens is 565 g/mol. The van der Waals surface area contributed by atoms with E-state index in [1.165, 1.54) is 0 Å². The molecule has 0 N–H and O–H groups in total. The molecule has 1 atom stereocenters. The fourth-order valence-corrected chi connectivity index (χ4v) is 7.06. The number of piperidine rings is 1. The Hall–Kier alpha value is -2.40. The zero-order chi connectivity index (χ0) is 26.9. The summed E-state index contributed by atoms with van der Waals surface area (Å²) in [4.78, 5) is 2.26. The molecule has 0 bridgehead atoms. The van der Waals surface area contributed by atoms with Gasteiger partial charge in [-0.05, 0) is 80.7 Å². The Balaban J connectivity index is 1.29. The van der Waals surface area contributed by atoms with Crippen molar-refractivity contribution < 1.29 is 18.6 Å². The summed E-state index contributed by atoms with van der Waals surface area (Å²) in [6.45, 7) is 2.44. The first-order chi connectivity index (χ1) is 19.1. The molecule has 6 rings (SSSR count). The van der Waals surface area contributed by atoms with Gasteiger partial charge in [0.05, 0.1) is 16.6 Å². The first-order valence-electron chi connectivity index (χ1n) is 13.9. The Kier molecular flexibility index (Phi) is 7.98. The molecule has 1 aromatic carbocycles. The highest BCUT2D eigenvalue weighted by Crippen LogP contribution is 2.41. The van der Waals surface area contributed by atoms with Crippen LogP contribution in [0.5, 0.6) is 0 Å². The van der Waals surface area contributed by atoms with Gasteiger partial charge >= 0.3 is 0 Å². The molecule has 0 saturated carbocycles. The summed E-state index contributed by atoms with van der Waals surface area (Å²) in [7, 11) is 3.39. The number of anilines is 1. The van der Waals surface area contributed by atoms with Crippen molar-refractivity contribution in [1.29, 1.82) is 0 Å². The predicted octanol–water partition coefficient (Wildman–Crippen LogP) is 5.99. The van der Waals surface area contributed by atoms with E-state index in [0.29, 0.717) is 17.9 Å². The lowest BCUT2D eigenvalue weighted by molar-refractivity contribution is -0.141. The van der Waals surface area contributed by atoms with E-state index in [0.717, 1.165) is 103 Å². The number of aromatic nitrogens is 4. The molecule has 0 radical (unpaired) electrons. The number of aryl methyl sites for hydroxylation is 1. The quantitative estimate of drug-likeness (QED) is 0.322. The Labute approximate surface area is 236 Å². The zero-order valence-electron chi connectivity index (χ0n) is 22.5. The summed E-state index contributed by atoms with van der Waals surface area (Å²) in [5, 5.41) is 14.2. The minimum atomic E-state index is -0.428. The van der Waals surface area contributed by atoms with Crippen LogP contribution in [-0.2, 0) is 20.6 Å². The van der Waals surface area contributed by atoms with Gasteiger partial charge in [-0.25, -0.2) is 4.68 Å². The van der Waals surface area contributed by atoms with Crippen LogP contribution in [0, 0.1) is 11.9 Å². The van der Waals surface area contributed by atoms with Gasteiger partial charge in [0.15, 0.2) is 18.3 Å². The van der Waals surface area contributed by atoms with Crippen molar-refractivity contribution in [2.45, 2.75) is 63.9 Å². The van der Waals surface area contributed by atoms with Crippen molar-refractivity contribution in [3.8, 4) is 0 Å². The number of hydrogen-bond donors (Lipinski definition) is 0. The Morgan fingerprint density at radius 3 is 2.51 bits per heavy atom. The number of halogens is 2. The summed E-state index contributed by atoms with van der Waals surface area (Å²) in [5.41, 5.74) is 4.53. The highest BCUT2D eigenvalue weighted by molar-refractivity contribution is 9.11. The van der Waals surface area contributed by atoms with E-state index in [1.807, 2.05) is 18.2 Å². The normalized spacial score (nSPS) is 21.1. The van der Waals surface area contributed by atoms with Crippen molar-refractivity contribution in [3.63, 3.8) is 0 Å². The summed E-state index contributed by atoms with van der Waals surface area (Å²) < 4.78 is 35.1. The second kappa shape index (κ2) is 11.6. The Morgan fingerprint density at radius 1 is 1.00 bits per heavy atom. The minimum absolute atomic E-state index is 0.168. The maximum absolute atomic E-state index is 15.4. The number of fused-ring (bicyclic) bond motifs is 3. The van der Waals surface area contributed by atoms with Crippen molar-refractivity contribution in [2.75, 3.05) is 38.8 Å². The number of rotatable bonds is 6. The standard InChI is InChI=1S/C29H35BrFN5O3/c1-37-29(38-2)18-13-15-35(16-14-18)24-12-10-22(32-33-24)26-20-9-11-23-27(19(20)6-5-7-21(26)30)28(31)34-36(23)25-8-3-4-17-39-25/h9-12,18,25,29H,3-8,13-17H2,1-2H3. The van der Waals surface area contributed by atoms with Crippen LogP contribution in [0.2, 0.25) is 0 Å². The molecule has 0 spiro atoms. The van der Waals surface area contributed by atoms with Gasteiger partial charge < -0.3 is 19.1 Å². The van der Waals surface area contributed by atoms with Crippen LogP contribution in [0.15, 0.2) is 28.7 Å². The van der Waals surface area contributed by atoms with E-state index in [4.69, 9.17) is 14.2 Å². The van der Waals surface area contributed by atoms with Crippen LogP contribution in [0.4, 0.5) is 10.2 Å². The van der Waals surface area contributed by atoms with Crippen LogP contribution < -0.4 is 4.90 Å². The smallest absolute Gasteiger partial charge is 0.240 e. The van der Waals surface area contributed by atoms with Crippen LogP contribution in [0.25, 0.3) is 16.5 Å². The first-order valence-corrected chi connectivity index (χ1v) is 14.7. The molecule has 208 valence electrons. The molecule has 3 aromatic rings. The molecule has 4 heterocycles. The lowest BCUT2D eigenvalue weighted by Gasteiger charge is -2.35. The average Bonchev–Trinajstić information content (AvgIpc) is 3.22. The Bertz CT molecular complexity index is 1340. The van der Waals surface area contributed by atoms with E-state index in [1.54, 1.807) is 18.9 Å². The highest BCUT2D eigenvalue weighted by atomic mass is 79.9. The Morgan fingerprint density at radius 2 is 1.82 bits per heavy atom. The second-order valence-corrected chi connectivity index (χ2v) is 11.6. The molecule has 2 saturated heterocycles. The number of allylic oxidation sites excluding steroid dienone is 1.